The Morgan fingerprint density at radius 3 is 2.78 bits per heavy atom. The largest absolute Gasteiger partial charge is 0.454 e. The van der Waals surface area contributed by atoms with Crippen LogP contribution in [-0.2, 0) is 13.0 Å². The predicted octanol–water partition coefficient (Wildman–Crippen LogP) is 5.48. The van der Waals surface area contributed by atoms with E-state index < -0.39 is 6.36 Å². The molecule has 8 heteroatoms. The van der Waals surface area contributed by atoms with E-state index in [9.17, 15) is 4.39 Å². The summed E-state index contributed by atoms with van der Waals surface area (Å²) < 4.78 is 27.4. The lowest BCUT2D eigenvalue weighted by molar-refractivity contribution is 0.0630. The van der Waals surface area contributed by atoms with Crippen molar-refractivity contribution >= 4 is 10.9 Å². The van der Waals surface area contributed by atoms with Crippen molar-refractivity contribution in [2.24, 2.45) is 0 Å². The van der Waals surface area contributed by atoms with Crippen LogP contribution in [0.1, 0.15) is 30.5 Å². The summed E-state index contributed by atoms with van der Waals surface area (Å²) >= 11 is 0. The van der Waals surface area contributed by atoms with E-state index in [1.165, 1.54) is 11.8 Å². The molecule has 1 atom stereocenters. The van der Waals surface area contributed by atoms with E-state index in [1.807, 2.05) is 53.3 Å². The standard InChI is InChI=1S/C24H22FN5O2/c25-23(22-16-31-24(28-22)21-15-18-6-1-2-7-20(18)27-21)32-19-10-8-17(9-11-19)5-3-4-13-30-14-12-26-29-30/h1-2,6-12,14-16,23,27H,3-5,13H2. The van der Waals surface area contributed by atoms with Gasteiger partial charge in [-0.3, -0.25) is 4.68 Å². The second-order valence-corrected chi connectivity index (χ2v) is 7.55. The third kappa shape index (κ3) is 4.54. The molecular formula is C24H22FN5O2. The van der Waals surface area contributed by atoms with Gasteiger partial charge in [-0.2, -0.15) is 4.39 Å². The molecule has 0 aliphatic rings. The fourth-order valence-corrected chi connectivity index (χ4v) is 3.57. The Kier molecular flexibility index (Phi) is 5.65. The Bertz CT molecular complexity index is 1240. The molecule has 0 aliphatic heterocycles. The summed E-state index contributed by atoms with van der Waals surface area (Å²) in [6.45, 7) is 0.850. The highest BCUT2D eigenvalue weighted by molar-refractivity contribution is 5.84. The predicted molar refractivity (Wildman–Crippen MR) is 118 cm³/mol. The molecule has 0 radical (unpaired) electrons. The number of fused-ring (bicyclic) bond motifs is 1. The van der Waals surface area contributed by atoms with E-state index in [2.05, 4.69) is 20.3 Å². The number of para-hydroxylation sites is 1. The minimum atomic E-state index is -1.72. The molecule has 1 unspecified atom stereocenters. The molecule has 0 fully saturated rings. The molecule has 162 valence electrons. The summed E-state index contributed by atoms with van der Waals surface area (Å²) in [4.78, 5) is 7.47. The Hall–Kier alpha value is -3.94. The number of benzene rings is 2. The molecule has 0 aliphatic carbocycles. The van der Waals surface area contributed by atoms with Gasteiger partial charge in [0, 0.05) is 23.6 Å². The van der Waals surface area contributed by atoms with Crippen LogP contribution >= 0.6 is 0 Å². The first kappa shape index (κ1) is 20.0. The summed E-state index contributed by atoms with van der Waals surface area (Å²) in [6.07, 6.45) is 6.09. The molecule has 32 heavy (non-hydrogen) atoms. The molecule has 3 aromatic heterocycles. The molecule has 5 aromatic rings. The number of hydrogen-bond acceptors (Lipinski definition) is 5. The first-order valence-corrected chi connectivity index (χ1v) is 10.5. The Morgan fingerprint density at radius 1 is 1.09 bits per heavy atom. The van der Waals surface area contributed by atoms with E-state index in [4.69, 9.17) is 9.15 Å². The topological polar surface area (TPSA) is 81.8 Å². The number of oxazole rings is 1. The van der Waals surface area contributed by atoms with Gasteiger partial charge >= 0.3 is 0 Å². The zero-order valence-electron chi connectivity index (χ0n) is 17.3. The van der Waals surface area contributed by atoms with Crippen LogP contribution in [0, 0.1) is 0 Å². The van der Waals surface area contributed by atoms with Crippen LogP contribution in [0.15, 0.2) is 77.7 Å². The summed E-state index contributed by atoms with van der Waals surface area (Å²) in [5.74, 6) is 0.766. The average molecular weight is 431 g/mol. The van der Waals surface area contributed by atoms with Crippen LogP contribution in [0.2, 0.25) is 0 Å². The van der Waals surface area contributed by atoms with Crippen molar-refractivity contribution in [2.75, 3.05) is 0 Å². The Labute approximate surface area is 183 Å². The normalized spacial score (nSPS) is 12.3. The van der Waals surface area contributed by atoms with Crippen LogP contribution in [0.4, 0.5) is 4.39 Å². The number of halogens is 1. The number of nitrogens with one attached hydrogen (secondary N) is 1. The van der Waals surface area contributed by atoms with Crippen LogP contribution in [0.3, 0.4) is 0 Å². The summed E-state index contributed by atoms with van der Waals surface area (Å²) in [5, 5.41) is 8.79. The highest BCUT2D eigenvalue weighted by Gasteiger charge is 2.18. The van der Waals surface area contributed by atoms with Crippen molar-refractivity contribution in [1.82, 2.24) is 25.0 Å². The third-order valence-corrected chi connectivity index (χ3v) is 5.25. The number of aromatic nitrogens is 5. The number of unbranched alkanes of at least 4 members (excludes halogenated alkanes) is 1. The van der Waals surface area contributed by atoms with Gasteiger partial charge in [0.25, 0.3) is 6.36 Å². The number of ether oxygens (including phenoxy) is 1. The number of nitrogens with zero attached hydrogens (tertiary/aromatic N) is 4. The SMILES string of the molecule is FC(Oc1ccc(CCCCn2ccnn2)cc1)c1coc(-c2cc3ccccc3[nH]2)n1. The number of aromatic amines is 1. The number of hydrogen-bond donors (Lipinski definition) is 1. The van der Waals surface area contributed by atoms with Crippen molar-refractivity contribution < 1.29 is 13.5 Å². The second kappa shape index (κ2) is 9.05. The lowest BCUT2D eigenvalue weighted by Crippen LogP contribution is -2.02. The van der Waals surface area contributed by atoms with Gasteiger partial charge in [0.05, 0.1) is 6.20 Å². The minimum Gasteiger partial charge on any atom is -0.454 e. The zero-order chi connectivity index (χ0) is 21.8. The molecule has 1 N–H and O–H groups in total. The first-order chi connectivity index (χ1) is 15.7. The maximum atomic E-state index is 14.7. The number of H-pyrrole nitrogens is 1. The third-order valence-electron chi connectivity index (χ3n) is 5.25. The van der Waals surface area contributed by atoms with Gasteiger partial charge in [0.2, 0.25) is 5.89 Å². The highest BCUT2D eigenvalue weighted by atomic mass is 19.1. The molecule has 0 spiro atoms. The van der Waals surface area contributed by atoms with Gasteiger partial charge in [0.15, 0.2) is 5.69 Å². The number of alkyl halides is 1. The van der Waals surface area contributed by atoms with Crippen molar-refractivity contribution in [3.05, 3.63) is 84.5 Å². The van der Waals surface area contributed by atoms with Crippen LogP contribution in [-0.4, -0.2) is 25.0 Å². The van der Waals surface area contributed by atoms with E-state index in [0.29, 0.717) is 17.3 Å². The van der Waals surface area contributed by atoms with E-state index in [0.717, 1.165) is 36.7 Å². The maximum absolute atomic E-state index is 14.7. The summed E-state index contributed by atoms with van der Waals surface area (Å²) in [6, 6.07) is 17.2. The molecule has 0 amide bonds. The lowest BCUT2D eigenvalue weighted by Gasteiger charge is -2.09. The zero-order valence-corrected chi connectivity index (χ0v) is 17.3. The summed E-state index contributed by atoms with van der Waals surface area (Å²) in [7, 11) is 0. The monoisotopic (exact) mass is 431 g/mol. The molecule has 3 heterocycles. The minimum absolute atomic E-state index is 0.0934. The van der Waals surface area contributed by atoms with Crippen LogP contribution < -0.4 is 4.74 Å². The van der Waals surface area contributed by atoms with Gasteiger partial charge in [-0.25, -0.2) is 4.98 Å². The van der Waals surface area contributed by atoms with Crippen LogP contribution in [0.25, 0.3) is 22.5 Å². The van der Waals surface area contributed by atoms with Gasteiger partial charge in [-0.15, -0.1) is 5.10 Å². The van der Waals surface area contributed by atoms with Gasteiger partial charge < -0.3 is 14.1 Å². The molecule has 5 rings (SSSR count). The fourth-order valence-electron chi connectivity index (χ4n) is 3.57. The molecule has 0 bridgehead atoms. The van der Waals surface area contributed by atoms with Gasteiger partial charge in [0.1, 0.15) is 17.7 Å². The highest BCUT2D eigenvalue weighted by Crippen LogP contribution is 2.28. The number of rotatable bonds is 9. The smallest absolute Gasteiger partial charge is 0.284 e. The summed E-state index contributed by atoms with van der Waals surface area (Å²) in [5.41, 5.74) is 2.93. The molecule has 7 nitrogen and oxygen atoms in total. The molecule has 0 saturated heterocycles. The quantitative estimate of drug-likeness (QED) is 0.312. The maximum Gasteiger partial charge on any atom is 0.284 e. The fraction of sp³-hybridized carbons (Fsp3) is 0.208. The molecular weight excluding hydrogens is 409 g/mol. The van der Waals surface area contributed by atoms with Crippen LogP contribution in [0.5, 0.6) is 5.75 Å². The van der Waals surface area contributed by atoms with E-state index in [1.54, 1.807) is 18.3 Å². The average Bonchev–Trinajstić information content (AvgIpc) is 3.58. The van der Waals surface area contributed by atoms with E-state index in [-0.39, 0.29) is 5.69 Å². The van der Waals surface area contributed by atoms with Crippen molar-refractivity contribution in [3.8, 4) is 17.3 Å². The van der Waals surface area contributed by atoms with Crippen molar-refractivity contribution in [2.45, 2.75) is 32.2 Å². The van der Waals surface area contributed by atoms with E-state index >= 15 is 0 Å². The molecule has 2 aromatic carbocycles. The van der Waals surface area contributed by atoms with Gasteiger partial charge in [-0.1, -0.05) is 35.5 Å². The lowest BCUT2D eigenvalue weighted by atomic mass is 10.1. The Morgan fingerprint density at radius 2 is 1.97 bits per heavy atom. The number of aryl methyl sites for hydroxylation is 2. The van der Waals surface area contributed by atoms with Crippen molar-refractivity contribution in [3.63, 3.8) is 0 Å². The van der Waals surface area contributed by atoms with Gasteiger partial charge in [-0.05, 0) is 49.1 Å². The molecule has 0 saturated carbocycles. The first-order valence-electron chi connectivity index (χ1n) is 10.5. The second-order valence-electron chi connectivity index (χ2n) is 7.55. The Balaban J connectivity index is 1.15. The van der Waals surface area contributed by atoms with Crippen molar-refractivity contribution in [1.29, 1.82) is 0 Å².